The zero-order valence-electron chi connectivity index (χ0n) is 17.2. The van der Waals surface area contributed by atoms with Gasteiger partial charge in [-0.1, -0.05) is 0 Å². The third-order valence-electron chi connectivity index (χ3n) is 6.07. The number of hydrogen-bond donors (Lipinski definition) is 1. The minimum absolute atomic E-state index is 0.0414. The van der Waals surface area contributed by atoms with Crippen molar-refractivity contribution in [1.82, 2.24) is 15.1 Å². The Labute approximate surface area is 175 Å². The first-order valence-corrected chi connectivity index (χ1v) is 11.0. The second kappa shape index (κ2) is 9.84. The second-order valence-electron chi connectivity index (χ2n) is 8.30. The highest BCUT2D eigenvalue weighted by atomic mass is 16.7. The number of amides is 1. The zero-order valence-corrected chi connectivity index (χ0v) is 17.2. The molecular weight excluding hydrogens is 392 g/mol. The van der Waals surface area contributed by atoms with Gasteiger partial charge in [-0.3, -0.25) is 14.9 Å². The topological polar surface area (TPSA) is 118 Å². The molecule has 1 amide bonds. The second-order valence-corrected chi connectivity index (χ2v) is 8.30. The Balaban J connectivity index is 1.32. The number of ether oxygens (including phenoxy) is 3. The maximum absolute atomic E-state index is 12.7. The van der Waals surface area contributed by atoms with Crippen molar-refractivity contribution < 1.29 is 23.9 Å². The van der Waals surface area contributed by atoms with E-state index in [0.29, 0.717) is 6.61 Å². The van der Waals surface area contributed by atoms with Gasteiger partial charge in [-0.2, -0.15) is 5.10 Å². The summed E-state index contributed by atoms with van der Waals surface area (Å²) in [7, 11) is 0. The van der Waals surface area contributed by atoms with Gasteiger partial charge in [-0.15, -0.1) is 0 Å². The number of nitrogens with one attached hydrogen (secondary N) is 1. The maximum atomic E-state index is 12.7. The van der Waals surface area contributed by atoms with E-state index >= 15 is 0 Å². The van der Waals surface area contributed by atoms with Crippen LogP contribution in [0.2, 0.25) is 0 Å². The quantitative estimate of drug-likeness (QED) is 0.553. The van der Waals surface area contributed by atoms with Crippen LogP contribution in [0.4, 0.5) is 5.69 Å². The monoisotopic (exact) mass is 422 g/mol. The van der Waals surface area contributed by atoms with E-state index in [2.05, 4.69) is 10.4 Å². The average molecular weight is 422 g/mol. The van der Waals surface area contributed by atoms with Crippen molar-refractivity contribution in [2.75, 3.05) is 13.2 Å². The molecule has 1 aromatic heterocycles. The predicted molar refractivity (Wildman–Crippen MR) is 106 cm³/mol. The van der Waals surface area contributed by atoms with Crippen LogP contribution in [-0.4, -0.2) is 52.3 Å². The highest BCUT2D eigenvalue weighted by molar-refractivity contribution is 5.96. The van der Waals surface area contributed by atoms with Gasteiger partial charge in [-0.05, 0) is 64.2 Å². The molecule has 0 aromatic carbocycles. The van der Waals surface area contributed by atoms with Gasteiger partial charge >= 0.3 is 5.69 Å². The van der Waals surface area contributed by atoms with Crippen LogP contribution < -0.4 is 5.32 Å². The first-order valence-electron chi connectivity index (χ1n) is 11.0. The molecule has 3 fully saturated rings. The van der Waals surface area contributed by atoms with Crippen molar-refractivity contribution in [3.05, 3.63) is 22.0 Å². The molecule has 1 saturated carbocycles. The Morgan fingerprint density at radius 3 is 2.47 bits per heavy atom. The summed E-state index contributed by atoms with van der Waals surface area (Å²) in [5.74, 6) is -0.503. The fraction of sp³-hybridized carbons (Fsp3) is 0.800. The van der Waals surface area contributed by atoms with Crippen molar-refractivity contribution in [1.29, 1.82) is 0 Å². The Morgan fingerprint density at radius 2 is 1.83 bits per heavy atom. The Morgan fingerprint density at radius 1 is 1.10 bits per heavy atom. The summed E-state index contributed by atoms with van der Waals surface area (Å²) in [6, 6.07) is -0.0414. The van der Waals surface area contributed by atoms with Crippen LogP contribution in [0.5, 0.6) is 0 Å². The summed E-state index contributed by atoms with van der Waals surface area (Å²) in [6.07, 6.45) is 10.0. The Bertz CT molecular complexity index is 734. The van der Waals surface area contributed by atoms with Gasteiger partial charge < -0.3 is 19.5 Å². The van der Waals surface area contributed by atoms with Crippen LogP contribution >= 0.6 is 0 Å². The molecule has 0 unspecified atom stereocenters. The molecule has 1 aromatic rings. The molecule has 3 heterocycles. The molecule has 4 rings (SSSR count). The van der Waals surface area contributed by atoms with E-state index in [1.807, 2.05) is 0 Å². The van der Waals surface area contributed by atoms with Crippen LogP contribution in [-0.2, 0) is 14.2 Å². The lowest BCUT2D eigenvalue weighted by Gasteiger charge is -2.32. The van der Waals surface area contributed by atoms with Gasteiger partial charge in [0, 0.05) is 19.3 Å². The molecule has 10 nitrogen and oxygen atoms in total. The molecule has 2 atom stereocenters. The van der Waals surface area contributed by atoms with Gasteiger partial charge in [0.25, 0.3) is 5.91 Å². The molecular formula is C20H30N4O6. The summed E-state index contributed by atoms with van der Waals surface area (Å²) in [5.41, 5.74) is -0.434. The summed E-state index contributed by atoms with van der Waals surface area (Å²) in [6.45, 7) is 1.35. The average Bonchev–Trinajstić information content (AvgIpc) is 3.23. The van der Waals surface area contributed by atoms with E-state index in [1.54, 1.807) is 0 Å². The lowest BCUT2D eigenvalue weighted by atomic mass is 9.92. The van der Waals surface area contributed by atoms with E-state index in [9.17, 15) is 14.9 Å². The highest BCUT2D eigenvalue weighted by Crippen LogP contribution is 2.28. The number of aromatic nitrogens is 2. The minimum atomic E-state index is -0.559. The number of carbonyl (C=O) groups excluding carboxylic acids is 1. The number of hydrogen-bond acceptors (Lipinski definition) is 7. The van der Waals surface area contributed by atoms with E-state index in [1.165, 1.54) is 10.9 Å². The summed E-state index contributed by atoms with van der Waals surface area (Å²) >= 11 is 0. The first kappa shape index (κ1) is 21.2. The van der Waals surface area contributed by atoms with Crippen molar-refractivity contribution in [3.63, 3.8) is 0 Å². The van der Waals surface area contributed by atoms with Gasteiger partial charge in [0.15, 0.2) is 6.29 Å². The molecule has 3 aliphatic rings. The zero-order chi connectivity index (χ0) is 20.9. The molecule has 2 saturated heterocycles. The predicted octanol–water partition coefficient (Wildman–Crippen LogP) is 3.07. The van der Waals surface area contributed by atoms with Gasteiger partial charge in [-0.25, -0.2) is 4.68 Å². The lowest BCUT2D eigenvalue weighted by molar-refractivity contribution is -0.385. The normalized spacial score (nSPS) is 30.0. The van der Waals surface area contributed by atoms with Crippen LogP contribution in [0.15, 0.2) is 6.20 Å². The van der Waals surface area contributed by atoms with Crippen LogP contribution in [0.25, 0.3) is 0 Å². The van der Waals surface area contributed by atoms with Crippen molar-refractivity contribution in [2.24, 2.45) is 0 Å². The third-order valence-corrected chi connectivity index (χ3v) is 6.07. The molecule has 1 N–H and O–H groups in total. The lowest BCUT2D eigenvalue weighted by Crippen LogP contribution is -2.40. The molecule has 0 radical (unpaired) electrons. The Kier molecular flexibility index (Phi) is 6.96. The summed E-state index contributed by atoms with van der Waals surface area (Å²) in [5, 5.41) is 18.6. The van der Waals surface area contributed by atoms with Crippen LogP contribution in [0.1, 0.15) is 80.9 Å². The molecule has 30 heavy (non-hydrogen) atoms. The molecule has 2 aliphatic heterocycles. The highest BCUT2D eigenvalue weighted by Gasteiger charge is 2.32. The Hall–Kier alpha value is -2.04. The SMILES string of the molecule is O=C(NC1CCC(O[C@H]2CCCCO2)CC1)c1nn([C@@H]2CCCCO2)cc1[N+](=O)[O-]. The van der Waals surface area contributed by atoms with Gasteiger partial charge in [0.1, 0.15) is 12.4 Å². The van der Waals surface area contributed by atoms with Gasteiger partial charge in [0.2, 0.25) is 5.69 Å². The number of rotatable bonds is 6. The molecule has 0 bridgehead atoms. The fourth-order valence-corrected chi connectivity index (χ4v) is 4.39. The fourth-order valence-electron chi connectivity index (χ4n) is 4.39. The standard InChI is InChI=1S/C20H30N4O6/c25-20(19-16(24(26)27)13-23(22-19)17-5-1-3-11-28-17)21-14-7-9-15(10-8-14)30-18-6-2-4-12-29-18/h13-15,17-18H,1-12H2,(H,21,25)/t14?,15?,17-,18-/m0/s1. The van der Waals surface area contributed by atoms with Crippen LogP contribution in [0.3, 0.4) is 0 Å². The van der Waals surface area contributed by atoms with Crippen molar-refractivity contribution in [2.45, 2.75) is 88.9 Å². The molecule has 0 spiro atoms. The van der Waals surface area contributed by atoms with Crippen molar-refractivity contribution >= 4 is 11.6 Å². The largest absolute Gasteiger partial charge is 0.357 e. The van der Waals surface area contributed by atoms with E-state index in [4.69, 9.17) is 14.2 Å². The third kappa shape index (κ3) is 5.16. The van der Waals surface area contributed by atoms with Crippen molar-refractivity contribution in [3.8, 4) is 0 Å². The number of carbonyl (C=O) groups is 1. The smallest absolute Gasteiger partial charge is 0.320 e. The molecule has 10 heteroatoms. The maximum Gasteiger partial charge on any atom is 0.320 e. The number of nitro groups is 1. The van der Waals surface area contributed by atoms with E-state index in [0.717, 1.165) is 70.8 Å². The molecule has 1 aliphatic carbocycles. The van der Waals surface area contributed by atoms with Crippen LogP contribution in [0, 0.1) is 10.1 Å². The minimum Gasteiger partial charge on any atom is -0.357 e. The van der Waals surface area contributed by atoms with Gasteiger partial charge in [0.05, 0.1) is 11.0 Å². The summed E-state index contributed by atoms with van der Waals surface area (Å²) < 4.78 is 18.7. The number of nitrogens with zero attached hydrogens (tertiary/aromatic N) is 3. The molecule has 166 valence electrons. The first-order chi connectivity index (χ1) is 14.6. The summed E-state index contributed by atoms with van der Waals surface area (Å²) in [4.78, 5) is 23.6. The van der Waals surface area contributed by atoms with E-state index in [-0.39, 0.29) is 36.0 Å². The van der Waals surface area contributed by atoms with E-state index < -0.39 is 10.8 Å².